The van der Waals surface area contributed by atoms with Gasteiger partial charge >= 0.3 is 0 Å². The van der Waals surface area contributed by atoms with Crippen molar-refractivity contribution in [1.29, 1.82) is 0 Å². The number of nitrogens with zero attached hydrogens (tertiary/aromatic N) is 1. The molecule has 2 nitrogen and oxygen atoms in total. The molecule has 1 saturated heterocycles. The maximum absolute atomic E-state index is 3.40. The number of likely N-dealkylation sites (tertiary alicyclic amines) is 1. The van der Waals surface area contributed by atoms with Gasteiger partial charge in [-0.15, -0.1) is 0 Å². The van der Waals surface area contributed by atoms with Gasteiger partial charge < -0.3 is 10.2 Å². The van der Waals surface area contributed by atoms with Gasteiger partial charge in [0.25, 0.3) is 0 Å². The van der Waals surface area contributed by atoms with Crippen LogP contribution < -0.4 is 5.32 Å². The fourth-order valence-electron chi connectivity index (χ4n) is 2.71. The molecule has 2 heteroatoms. The molecule has 0 spiro atoms. The molecule has 1 rings (SSSR count). The minimum atomic E-state index is 0.780. The molecular formula is C13H28N2. The monoisotopic (exact) mass is 212 g/mol. The van der Waals surface area contributed by atoms with Crippen LogP contribution in [0, 0.1) is 11.8 Å². The molecule has 0 amide bonds. The molecule has 1 aliphatic heterocycles. The maximum Gasteiger partial charge on any atom is 0.00927 e. The van der Waals surface area contributed by atoms with E-state index < -0.39 is 0 Å². The van der Waals surface area contributed by atoms with Crippen LogP contribution in [0.2, 0.25) is 0 Å². The van der Waals surface area contributed by atoms with E-state index in [4.69, 9.17) is 0 Å². The lowest BCUT2D eigenvalue weighted by atomic mass is 9.86. The molecule has 1 aliphatic rings. The second-order valence-electron chi connectivity index (χ2n) is 5.26. The van der Waals surface area contributed by atoms with Gasteiger partial charge in [0, 0.05) is 12.6 Å². The van der Waals surface area contributed by atoms with Crippen molar-refractivity contribution in [1.82, 2.24) is 10.2 Å². The van der Waals surface area contributed by atoms with Crippen LogP contribution in [0.3, 0.4) is 0 Å². The molecular weight excluding hydrogens is 184 g/mol. The van der Waals surface area contributed by atoms with E-state index in [9.17, 15) is 0 Å². The Balaban J connectivity index is 2.26. The molecule has 0 bridgehead atoms. The first-order valence-corrected chi connectivity index (χ1v) is 6.59. The van der Waals surface area contributed by atoms with Crippen LogP contribution in [-0.4, -0.2) is 37.1 Å². The quantitative estimate of drug-likeness (QED) is 0.704. The first kappa shape index (κ1) is 13.0. The van der Waals surface area contributed by atoms with Gasteiger partial charge in [0.1, 0.15) is 0 Å². The van der Waals surface area contributed by atoms with Gasteiger partial charge in [0.05, 0.1) is 0 Å². The van der Waals surface area contributed by atoms with Crippen molar-refractivity contribution in [2.75, 3.05) is 26.2 Å². The van der Waals surface area contributed by atoms with E-state index >= 15 is 0 Å². The summed E-state index contributed by atoms with van der Waals surface area (Å²) in [6, 6.07) is 0.780. The van der Waals surface area contributed by atoms with Gasteiger partial charge in [-0.05, 0) is 51.2 Å². The van der Waals surface area contributed by atoms with E-state index in [1.54, 1.807) is 0 Å². The largest absolute Gasteiger partial charge is 0.317 e. The Bertz CT molecular complexity index is 170. The summed E-state index contributed by atoms with van der Waals surface area (Å²) >= 11 is 0. The summed E-state index contributed by atoms with van der Waals surface area (Å²) in [5, 5.41) is 3.40. The van der Waals surface area contributed by atoms with Gasteiger partial charge in [0.15, 0.2) is 0 Å². The third-order valence-electron chi connectivity index (χ3n) is 3.77. The zero-order valence-electron chi connectivity index (χ0n) is 10.9. The highest BCUT2D eigenvalue weighted by Crippen LogP contribution is 2.26. The maximum atomic E-state index is 3.40. The molecule has 1 heterocycles. The molecule has 90 valence electrons. The van der Waals surface area contributed by atoms with Crippen LogP contribution in [0.4, 0.5) is 0 Å². The first-order chi connectivity index (χ1) is 7.15. The molecule has 0 aliphatic carbocycles. The van der Waals surface area contributed by atoms with Crippen LogP contribution in [0.15, 0.2) is 0 Å². The highest BCUT2D eigenvalue weighted by Gasteiger charge is 2.27. The smallest absolute Gasteiger partial charge is 0.00927 e. The summed E-state index contributed by atoms with van der Waals surface area (Å²) in [5.41, 5.74) is 0. The average Bonchev–Trinajstić information content (AvgIpc) is 2.19. The summed E-state index contributed by atoms with van der Waals surface area (Å²) in [4.78, 5) is 2.68. The van der Waals surface area contributed by atoms with Crippen LogP contribution in [0.1, 0.15) is 40.5 Å². The zero-order valence-corrected chi connectivity index (χ0v) is 10.9. The Hall–Kier alpha value is -0.0800. The average molecular weight is 212 g/mol. The Morgan fingerprint density at radius 3 is 2.67 bits per heavy atom. The van der Waals surface area contributed by atoms with Gasteiger partial charge in [-0.3, -0.25) is 0 Å². The van der Waals surface area contributed by atoms with Crippen molar-refractivity contribution < 1.29 is 0 Å². The minimum absolute atomic E-state index is 0.780. The Kier molecular flexibility index (Phi) is 5.62. The van der Waals surface area contributed by atoms with Crippen LogP contribution in [-0.2, 0) is 0 Å². The predicted molar refractivity (Wildman–Crippen MR) is 67.1 cm³/mol. The molecule has 1 fully saturated rings. The highest BCUT2D eigenvalue weighted by atomic mass is 15.2. The Morgan fingerprint density at radius 2 is 2.00 bits per heavy atom. The molecule has 0 aromatic carbocycles. The Labute approximate surface area is 95.4 Å². The standard InChI is InChI=1S/C13H28N2/c1-5-14-7-6-8-15-10-11(2)9-12(3)13(15)4/h11-14H,5-10H2,1-4H3. The van der Waals surface area contributed by atoms with E-state index in [2.05, 4.69) is 37.9 Å². The van der Waals surface area contributed by atoms with Crippen molar-refractivity contribution in [3.8, 4) is 0 Å². The van der Waals surface area contributed by atoms with Crippen molar-refractivity contribution in [2.45, 2.75) is 46.6 Å². The lowest BCUT2D eigenvalue weighted by Crippen LogP contribution is -2.46. The van der Waals surface area contributed by atoms with E-state index in [1.165, 1.54) is 32.5 Å². The molecule has 15 heavy (non-hydrogen) atoms. The molecule has 3 atom stereocenters. The zero-order chi connectivity index (χ0) is 11.3. The van der Waals surface area contributed by atoms with Crippen LogP contribution in [0.5, 0.6) is 0 Å². The van der Waals surface area contributed by atoms with Crippen molar-refractivity contribution >= 4 is 0 Å². The van der Waals surface area contributed by atoms with Crippen molar-refractivity contribution in [3.05, 3.63) is 0 Å². The molecule has 3 unspecified atom stereocenters. The molecule has 0 saturated carbocycles. The number of nitrogens with one attached hydrogen (secondary N) is 1. The Morgan fingerprint density at radius 1 is 1.27 bits per heavy atom. The summed E-state index contributed by atoms with van der Waals surface area (Å²) in [6.45, 7) is 14.2. The fraction of sp³-hybridized carbons (Fsp3) is 1.00. The lowest BCUT2D eigenvalue weighted by molar-refractivity contribution is 0.0788. The number of hydrogen-bond donors (Lipinski definition) is 1. The van der Waals surface area contributed by atoms with Crippen LogP contribution in [0.25, 0.3) is 0 Å². The number of rotatable bonds is 5. The molecule has 0 aromatic heterocycles. The third-order valence-corrected chi connectivity index (χ3v) is 3.77. The number of piperidine rings is 1. The molecule has 0 aromatic rings. The normalized spacial score (nSPS) is 33.2. The topological polar surface area (TPSA) is 15.3 Å². The summed E-state index contributed by atoms with van der Waals surface area (Å²) < 4.78 is 0. The highest BCUT2D eigenvalue weighted by molar-refractivity contribution is 4.81. The van der Waals surface area contributed by atoms with Gasteiger partial charge in [-0.25, -0.2) is 0 Å². The van der Waals surface area contributed by atoms with Gasteiger partial charge in [-0.2, -0.15) is 0 Å². The molecule has 0 radical (unpaired) electrons. The van der Waals surface area contributed by atoms with Gasteiger partial charge in [0.2, 0.25) is 0 Å². The summed E-state index contributed by atoms with van der Waals surface area (Å²) in [5.74, 6) is 1.75. The minimum Gasteiger partial charge on any atom is -0.317 e. The summed E-state index contributed by atoms with van der Waals surface area (Å²) in [6.07, 6.45) is 2.70. The van der Waals surface area contributed by atoms with E-state index in [-0.39, 0.29) is 0 Å². The first-order valence-electron chi connectivity index (χ1n) is 6.59. The summed E-state index contributed by atoms with van der Waals surface area (Å²) in [7, 11) is 0. The predicted octanol–water partition coefficient (Wildman–Crippen LogP) is 2.35. The van der Waals surface area contributed by atoms with E-state index in [0.717, 1.165) is 24.4 Å². The van der Waals surface area contributed by atoms with E-state index in [0.29, 0.717) is 0 Å². The van der Waals surface area contributed by atoms with E-state index in [1.807, 2.05) is 0 Å². The van der Waals surface area contributed by atoms with Crippen LogP contribution >= 0.6 is 0 Å². The van der Waals surface area contributed by atoms with Gasteiger partial charge in [-0.1, -0.05) is 20.8 Å². The second-order valence-corrected chi connectivity index (χ2v) is 5.26. The van der Waals surface area contributed by atoms with Crippen molar-refractivity contribution in [2.24, 2.45) is 11.8 Å². The SMILES string of the molecule is CCNCCCN1CC(C)CC(C)C1C. The second kappa shape index (κ2) is 6.49. The third kappa shape index (κ3) is 4.12. The fourth-order valence-corrected chi connectivity index (χ4v) is 2.71. The lowest BCUT2D eigenvalue weighted by Gasteiger charge is -2.41. The number of hydrogen-bond acceptors (Lipinski definition) is 2. The molecule has 1 N–H and O–H groups in total. The van der Waals surface area contributed by atoms with Crippen molar-refractivity contribution in [3.63, 3.8) is 0 Å².